The first-order chi connectivity index (χ1) is 4.29. The second kappa shape index (κ2) is 1.96. The lowest BCUT2D eigenvalue weighted by atomic mass is 9.88. The largest absolute Gasteiger partial charge is 0.303 e. The van der Waals surface area contributed by atoms with Crippen molar-refractivity contribution >= 4 is 15.9 Å². The monoisotopic (exact) mass is 189 g/mol. The second-order valence-electron chi connectivity index (χ2n) is 3.24. The molecular formula is C7H12BrN. The van der Waals surface area contributed by atoms with E-state index in [0.717, 1.165) is 0 Å². The maximum absolute atomic E-state index is 3.81. The van der Waals surface area contributed by atoms with Crippen LogP contribution in [0.4, 0.5) is 0 Å². The van der Waals surface area contributed by atoms with E-state index in [2.05, 4.69) is 20.8 Å². The molecule has 9 heavy (non-hydrogen) atoms. The van der Waals surface area contributed by atoms with Gasteiger partial charge in [0.25, 0.3) is 0 Å². The van der Waals surface area contributed by atoms with Crippen LogP contribution >= 0.6 is 15.9 Å². The zero-order valence-electron chi connectivity index (χ0n) is 5.57. The summed E-state index contributed by atoms with van der Waals surface area (Å²) in [7, 11) is 0. The molecule has 0 atom stereocenters. The zero-order valence-corrected chi connectivity index (χ0v) is 7.15. The number of fused-ring (bicyclic) bond motifs is 3. The Bertz CT molecular complexity index is 102. The van der Waals surface area contributed by atoms with Crippen LogP contribution in [0.2, 0.25) is 0 Å². The molecule has 52 valence electrons. The van der Waals surface area contributed by atoms with Gasteiger partial charge in [0.2, 0.25) is 0 Å². The van der Waals surface area contributed by atoms with E-state index >= 15 is 0 Å². The van der Waals surface area contributed by atoms with Gasteiger partial charge in [0.1, 0.15) is 0 Å². The fourth-order valence-corrected chi connectivity index (χ4v) is 2.32. The van der Waals surface area contributed by atoms with Crippen molar-refractivity contribution in [1.82, 2.24) is 4.90 Å². The van der Waals surface area contributed by atoms with Crippen LogP contribution in [-0.4, -0.2) is 28.9 Å². The van der Waals surface area contributed by atoms with Crippen LogP contribution in [0.3, 0.4) is 0 Å². The molecule has 0 radical (unpaired) electrons. The summed E-state index contributed by atoms with van der Waals surface area (Å²) in [6, 6.07) is 0. The van der Waals surface area contributed by atoms with Crippen molar-refractivity contribution in [3.8, 4) is 0 Å². The summed E-state index contributed by atoms with van der Waals surface area (Å²) in [5, 5.41) is 0. The minimum atomic E-state index is 0.557. The third-order valence-electron chi connectivity index (χ3n) is 2.63. The molecule has 3 aliphatic heterocycles. The Morgan fingerprint density at radius 2 is 1.44 bits per heavy atom. The summed E-state index contributed by atoms with van der Waals surface area (Å²) < 4.78 is 0.557. The number of halogens is 1. The zero-order chi connectivity index (χ0) is 6.32. The van der Waals surface area contributed by atoms with Gasteiger partial charge in [0.05, 0.1) is 0 Å². The van der Waals surface area contributed by atoms with Gasteiger partial charge in [-0.25, -0.2) is 0 Å². The van der Waals surface area contributed by atoms with Crippen molar-refractivity contribution < 1.29 is 0 Å². The minimum Gasteiger partial charge on any atom is -0.303 e. The highest BCUT2D eigenvalue weighted by atomic mass is 79.9. The topological polar surface area (TPSA) is 3.24 Å². The van der Waals surface area contributed by atoms with Gasteiger partial charge in [-0.05, 0) is 38.9 Å². The van der Waals surface area contributed by atoms with E-state index in [0.29, 0.717) is 4.32 Å². The first-order valence-corrected chi connectivity index (χ1v) is 4.49. The van der Waals surface area contributed by atoms with Crippen molar-refractivity contribution in [2.45, 2.75) is 23.6 Å². The molecule has 1 nitrogen and oxygen atoms in total. The minimum absolute atomic E-state index is 0.557. The standard InChI is InChI=1S/C7H12BrN/c8-7-1-4-9(5-2-7)6-3-7/h1-6H2. The Morgan fingerprint density at radius 3 is 1.67 bits per heavy atom. The molecule has 3 fully saturated rings. The third kappa shape index (κ3) is 1.03. The maximum atomic E-state index is 3.81. The van der Waals surface area contributed by atoms with Crippen molar-refractivity contribution in [1.29, 1.82) is 0 Å². The number of alkyl halides is 1. The van der Waals surface area contributed by atoms with E-state index in [1.54, 1.807) is 0 Å². The molecule has 0 unspecified atom stereocenters. The predicted molar refractivity (Wildman–Crippen MR) is 41.9 cm³/mol. The average molecular weight is 190 g/mol. The van der Waals surface area contributed by atoms with Gasteiger partial charge in [-0.15, -0.1) is 0 Å². The Balaban J connectivity index is 2.11. The summed E-state index contributed by atoms with van der Waals surface area (Å²) in [4.78, 5) is 2.56. The Labute approximate surface area is 64.5 Å². The van der Waals surface area contributed by atoms with E-state index in [-0.39, 0.29) is 0 Å². The van der Waals surface area contributed by atoms with Crippen LogP contribution in [0.1, 0.15) is 19.3 Å². The molecule has 0 spiro atoms. The fraction of sp³-hybridized carbons (Fsp3) is 1.00. The molecule has 3 aliphatic rings. The van der Waals surface area contributed by atoms with Gasteiger partial charge in [-0.2, -0.15) is 0 Å². The number of piperidine rings is 3. The number of hydrogen-bond acceptors (Lipinski definition) is 1. The van der Waals surface area contributed by atoms with Crippen LogP contribution < -0.4 is 0 Å². The van der Waals surface area contributed by atoms with Crippen LogP contribution in [0.15, 0.2) is 0 Å². The van der Waals surface area contributed by atoms with Gasteiger partial charge in [0.15, 0.2) is 0 Å². The lowest BCUT2D eigenvalue weighted by Crippen LogP contribution is -2.48. The molecule has 0 aromatic rings. The molecule has 3 saturated heterocycles. The highest BCUT2D eigenvalue weighted by Crippen LogP contribution is 2.38. The molecule has 0 aliphatic carbocycles. The van der Waals surface area contributed by atoms with Crippen LogP contribution in [0, 0.1) is 0 Å². The van der Waals surface area contributed by atoms with Gasteiger partial charge in [-0.1, -0.05) is 15.9 Å². The summed E-state index contributed by atoms with van der Waals surface area (Å²) in [5.74, 6) is 0. The first-order valence-electron chi connectivity index (χ1n) is 3.70. The summed E-state index contributed by atoms with van der Waals surface area (Å²) in [6.07, 6.45) is 4.10. The first kappa shape index (κ1) is 6.17. The molecule has 3 rings (SSSR count). The SMILES string of the molecule is BrC12CCN(CC1)CC2. The number of hydrogen-bond donors (Lipinski definition) is 0. The van der Waals surface area contributed by atoms with Crippen LogP contribution in [0.5, 0.6) is 0 Å². The average Bonchev–Trinajstić information content (AvgIpc) is 1.90. The number of rotatable bonds is 0. The van der Waals surface area contributed by atoms with Gasteiger partial charge >= 0.3 is 0 Å². The molecule has 2 heteroatoms. The Hall–Kier alpha value is 0.440. The van der Waals surface area contributed by atoms with Crippen molar-refractivity contribution in [2.75, 3.05) is 19.6 Å². The lowest BCUT2D eigenvalue weighted by molar-refractivity contribution is 0.135. The molecule has 3 heterocycles. The smallest absolute Gasteiger partial charge is 0.0294 e. The van der Waals surface area contributed by atoms with Crippen molar-refractivity contribution in [2.24, 2.45) is 0 Å². The Morgan fingerprint density at radius 1 is 1.00 bits per heavy atom. The normalized spacial score (nSPS) is 49.7. The molecule has 0 amide bonds. The van der Waals surface area contributed by atoms with E-state index in [1.807, 2.05) is 0 Å². The third-order valence-corrected chi connectivity index (χ3v) is 3.82. The predicted octanol–water partition coefficient (Wildman–Crippen LogP) is 1.62. The molecule has 0 aromatic heterocycles. The second-order valence-corrected chi connectivity index (χ2v) is 4.92. The lowest BCUT2D eigenvalue weighted by Gasteiger charge is -2.44. The molecule has 0 saturated carbocycles. The Kier molecular flexibility index (Phi) is 1.34. The molecule has 0 aromatic carbocycles. The summed E-state index contributed by atoms with van der Waals surface area (Å²) >= 11 is 3.81. The molecule has 0 N–H and O–H groups in total. The van der Waals surface area contributed by atoms with Gasteiger partial charge < -0.3 is 4.90 Å². The van der Waals surface area contributed by atoms with Crippen molar-refractivity contribution in [3.05, 3.63) is 0 Å². The number of nitrogens with zero attached hydrogens (tertiary/aromatic N) is 1. The summed E-state index contributed by atoms with van der Waals surface area (Å²) in [5.41, 5.74) is 0. The van der Waals surface area contributed by atoms with E-state index in [4.69, 9.17) is 0 Å². The van der Waals surface area contributed by atoms with Crippen LogP contribution in [0.25, 0.3) is 0 Å². The van der Waals surface area contributed by atoms with E-state index < -0.39 is 0 Å². The van der Waals surface area contributed by atoms with E-state index in [1.165, 1.54) is 38.9 Å². The maximum Gasteiger partial charge on any atom is 0.0294 e. The molecular weight excluding hydrogens is 178 g/mol. The van der Waals surface area contributed by atoms with E-state index in [9.17, 15) is 0 Å². The van der Waals surface area contributed by atoms with Crippen LogP contribution in [-0.2, 0) is 0 Å². The summed E-state index contributed by atoms with van der Waals surface area (Å²) in [6.45, 7) is 3.97. The van der Waals surface area contributed by atoms with Crippen molar-refractivity contribution in [3.63, 3.8) is 0 Å². The quantitative estimate of drug-likeness (QED) is 0.524. The van der Waals surface area contributed by atoms with Gasteiger partial charge in [-0.3, -0.25) is 0 Å². The fourth-order valence-electron chi connectivity index (χ4n) is 1.79. The molecule has 2 bridgehead atoms. The highest BCUT2D eigenvalue weighted by molar-refractivity contribution is 9.10. The van der Waals surface area contributed by atoms with Gasteiger partial charge in [0, 0.05) is 4.32 Å². The highest BCUT2D eigenvalue weighted by Gasteiger charge is 2.36.